The Morgan fingerprint density at radius 2 is 1.83 bits per heavy atom. The first-order valence-corrected chi connectivity index (χ1v) is 9.57. The van der Waals surface area contributed by atoms with Gasteiger partial charge in [0.1, 0.15) is 11.3 Å². The van der Waals surface area contributed by atoms with Crippen LogP contribution in [0.2, 0.25) is 0 Å². The predicted octanol–water partition coefficient (Wildman–Crippen LogP) is 4.71. The minimum atomic E-state index is -0.935. The van der Waals surface area contributed by atoms with Crippen molar-refractivity contribution < 1.29 is 23.5 Å². The van der Waals surface area contributed by atoms with Crippen molar-refractivity contribution in [3.8, 4) is 5.75 Å². The highest BCUT2D eigenvalue weighted by atomic mass is 16.5. The van der Waals surface area contributed by atoms with E-state index >= 15 is 0 Å². The summed E-state index contributed by atoms with van der Waals surface area (Å²) in [6, 6.07) is 18.8. The van der Waals surface area contributed by atoms with E-state index in [9.17, 15) is 9.59 Å². The number of amides is 1. The topological polar surface area (TPSA) is 77.8 Å². The van der Waals surface area contributed by atoms with Crippen LogP contribution in [0.1, 0.15) is 12.5 Å². The van der Waals surface area contributed by atoms with E-state index < -0.39 is 12.1 Å². The number of carbonyl (C=O) groups excluding carboxylic acids is 2. The van der Waals surface area contributed by atoms with Gasteiger partial charge < -0.3 is 19.2 Å². The normalized spacial score (nSPS) is 11.9. The van der Waals surface area contributed by atoms with Crippen molar-refractivity contribution in [1.29, 1.82) is 0 Å². The number of rotatable bonds is 6. The maximum absolute atomic E-state index is 12.6. The highest BCUT2D eigenvalue weighted by Gasteiger charge is 2.20. The molecule has 4 rings (SSSR count). The number of hydrogen-bond acceptors (Lipinski definition) is 5. The molecule has 1 N–H and O–H groups in total. The van der Waals surface area contributed by atoms with E-state index in [-0.39, 0.29) is 12.3 Å². The Hall–Kier alpha value is -3.80. The Bertz CT molecular complexity index is 1220. The van der Waals surface area contributed by atoms with Crippen LogP contribution in [-0.2, 0) is 20.7 Å². The molecule has 0 aliphatic heterocycles. The number of methoxy groups -OCH3 is 1. The third kappa shape index (κ3) is 3.98. The SMILES string of the molecule is COc1ccc2c(CC(=O)O[C@@H](C)C(=O)Nc3cccc4ccccc34)coc2c1. The van der Waals surface area contributed by atoms with Gasteiger partial charge in [-0.25, -0.2) is 0 Å². The number of carbonyl (C=O) groups is 2. The zero-order chi connectivity index (χ0) is 21.1. The third-order valence-corrected chi connectivity index (χ3v) is 4.92. The van der Waals surface area contributed by atoms with Crippen LogP contribution in [0.5, 0.6) is 5.75 Å². The first kappa shape index (κ1) is 19.5. The summed E-state index contributed by atoms with van der Waals surface area (Å²) in [4.78, 5) is 24.9. The molecule has 0 aliphatic rings. The average Bonchev–Trinajstić information content (AvgIpc) is 3.15. The zero-order valence-corrected chi connectivity index (χ0v) is 16.7. The van der Waals surface area contributed by atoms with Crippen molar-refractivity contribution in [2.45, 2.75) is 19.4 Å². The van der Waals surface area contributed by atoms with Gasteiger partial charge in [-0.1, -0.05) is 36.4 Å². The number of nitrogens with one attached hydrogen (secondary N) is 1. The second-order valence-electron chi connectivity index (χ2n) is 6.95. The average molecular weight is 403 g/mol. The van der Waals surface area contributed by atoms with Crippen LogP contribution < -0.4 is 10.1 Å². The Balaban J connectivity index is 1.41. The van der Waals surface area contributed by atoms with Crippen LogP contribution in [0.15, 0.2) is 71.3 Å². The molecule has 0 saturated heterocycles. The monoisotopic (exact) mass is 403 g/mol. The van der Waals surface area contributed by atoms with Crippen LogP contribution in [0.4, 0.5) is 5.69 Å². The standard InChI is InChI=1S/C24H21NO5/c1-15(24(27)25-21-9-5-7-16-6-3-4-8-19(16)21)30-23(26)12-17-14-29-22-13-18(28-2)10-11-20(17)22/h3-11,13-15H,12H2,1-2H3,(H,25,27)/t15-/m0/s1. The number of hydrogen-bond donors (Lipinski definition) is 1. The van der Waals surface area contributed by atoms with Gasteiger partial charge in [-0.15, -0.1) is 0 Å². The molecule has 30 heavy (non-hydrogen) atoms. The van der Waals surface area contributed by atoms with E-state index in [1.807, 2.05) is 48.5 Å². The van der Waals surface area contributed by atoms with Crippen molar-refractivity contribution in [2.75, 3.05) is 12.4 Å². The van der Waals surface area contributed by atoms with Crippen LogP contribution in [0, 0.1) is 0 Å². The second kappa shape index (κ2) is 8.29. The number of fused-ring (bicyclic) bond motifs is 2. The molecule has 0 bridgehead atoms. The van der Waals surface area contributed by atoms with Crippen LogP contribution in [0.25, 0.3) is 21.7 Å². The lowest BCUT2D eigenvalue weighted by Crippen LogP contribution is -2.30. The smallest absolute Gasteiger partial charge is 0.311 e. The molecule has 0 radical (unpaired) electrons. The molecule has 0 saturated carbocycles. The molecule has 1 atom stereocenters. The summed E-state index contributed by atoms with van der Waals surface area (Å²) in [5.41, 5.74) is 1.99. The summed E-state index contributed by atoms with van der Waals surface area (Å²) >= 11 is 0. The maximum atomic E-state index is 12.6. The predicted molar refractivity (Wildman–Crippen MR) is 115 cm³/mol. The maximum Gasteiger partial charge on any atom is 0.311 e. The zero-order valence-electron chi connectivity index (χ0n) is 16.7. The van der Waals surface area contributed by atoms with Gasteiger partial charge in [-0.05, 0) is 30.5 Å². The lowest BCUT2D eigenvalue weighted by Gasteiger charge is -2.14. The minimum Gasteiger partial charge on any atom is -0.497 e. The molecular formula is C24H21NO5. The molecule has 6 heteroatoms. The van der Waals surface area contributed by atoms with Crippen LogP contribution in [-0.4, -0.2) is 25.1 Å². The number of esters is 1. The minimum absolute atomic E-state index is 0.00518. The summed E-state index contributed by atoms with van der Waals surface area (Å²) in [5, 5.41) is 5.59. The van der Waals surface area contributed by atoms with Crippen molar-refractivity contribution in [3.05, 3.63) is 72.5 Å². The van der Waals surface area contributed by atoms with Gasteiger partial charge in [0.15, 0.2) is 6.10 Å². The van der Waals surface area contributed by atoms with E-state index in [2.05, 4.69) is 5.32 Å². The van der Waals surface area contributed by atoms with E-state index in [4.69, 9.17) is 13.9 Å². The molecule has 0 fully saturated rings. The number of anilines is 1. The highest BCUT2D eigenvalue weighted by Crippen LogP contribution is 2.26. The fourth-order valence-corrected chi connectivity index (χ4v) is 3.34. The van der Waals surface area contributed by atoms with Gasteiger partial charge in [0.05, 0.1) is 19.8 Å². The third-order valence-electron chi connectivity index (χ3n) is 4.92. The summed E-state index contributed by atoms with van der Waals surface area (Å²) < 4.78 is 16.0. The van der Waals surface area contributed by atoms with Crippen molar-refractivity contribution in [1.82, 2.24) is 0 Å². The molecule has 0 spiro atoms. The van der Waals surface area contributed by atoms with E-state index in [0.29, 0.717) is 22.6 Å². The van der Waals surface area contributed by atoms with Crippen molar-refractivity contribution in [2.24, 2.45) is 0 Å². The first-order chi connectivity index (χ1) is 14.5. The van der Waals surface area contributed by atoms with Crippen molar-refractivity contribution >= 4 is 39.3 Å². The Labute approximate surface area is 173 Å². The molecular weight excluding hydrogens is 382 g/mol. The summed E-state index contributed by atoms with van der Waals surface area (Å²) in [5.74, 6) is -0.222. The van der Waals surface area contributed by atoms with Gasteiger partial charge in [0.25, 0.3) is 5.91 Å². The van der Waals surface area contributed by atoms with Gasteiger partial charge in [-0.3, -0.25) is 9.59 Å². The first-order valence-electron chi connectivity index (χ1n) is 9.57. The molecule has 1 amide bonds. The molecule has 4 aromatic rings. The Morgan fingerprint density at radius 1 is 1.03 bits per heavy atom. The quantitative estimate of drug-likeness (QED) is 0.472. The lowest BCUT2D eigenvalue weighted by atomic mass is 10.1. The largest absolute Gasteiger partial charge is 0.497 e. The number of furan rings is 1. The van der Waals surface area contributed by atoms with Crippen LogP contribution >= 0.6 is 0 Å². The van der Waals surface area contributed by atoms with Gasteiger partial charge in [-0.2, -0.15) is 0 Å². The number of ether oxygens (including phenoxy) is 2. The van der Waals surface area contributed by atoms with Crippen LogP contribution in [0.3, 0.4) is 0 Å². The van der Waals surface area contributed by atoms with Crippen molar-refractivity contribution in [3.63, 3.8) is 0 Å². The molecule has 1 heterocycles. The fourth-order valence-electron chi connectivity index (χ4n) is 3.34. The lowest BCUT2D eigenvalue weighted by molar-refractivity contribution is -0.152. The molecule has 0 aliphatic carbocycles. The van der Waals surface area contributed by atoms with Gasteiger partial charge in [0.2, 0.25) is 0 Å². The molecule has 1 aromatic heterocycles. The Morgan fingerprint density at radius 3 is 2.67 bits per heavy atom. The van der Waals surface area contributed by atoms with E-state index in [0.717, 1.165) is 16.2 Å². The molecule has 3 aromatic carbocycles. The van der Waals surface area contributed by atoms with Gasteiger partial charge in [0, 0.05) is 28.1 Å². The number of benzene rings is 3. The fraction of sp³-hybridized carbons (Fsp3) is 0.167. The highest BCUT2D eigenvalue weighted by molar-refractivity contribution is 6.03. The second-order valence-corrected chi connectivity index (χ2v) is 6.95. The summed E-state index contributed by atoms with van der Waals surface area (Å²) in [6.07, 6.45) is 0.590. The summed E-state index contributed by atoms with van der Waals surface area (Å²) in [7, 11) is 1.58. The molecule has 6 nitrogen and oxygen atoms in total. The summed E-state index contributed by atoms with van der Waals surface area (Å²) in [6.45, 7) is 1.55. The Kier molecular flexibility index (Phi) is 5.39. The van der Waals surface area contributed by atoms with E-state index in [1.165, 1.54) is 6.26 Å². The molecule has 152 valence electrons. The molecule has 0 unspecified atom stereocenters. The van der Waals surface area contributed by atoms with E-state index in [1.54, 1.807) is 26.2 Å². The van der Waals surface area contributed by atoms with Gasteiger partial charge >= 0.3 is 5.97 Å².